The van der Waals surface area contributed by atoms with Crippen LogP contribution in [0.2, 0.25) is 0 Å². The summed E-state index contributed by atoms with van der Waals surface area (Å²) in [5.74, 6) is -0.527. The van der Waals surface area contributed by atoms with Crippen molar-refractivity contribution in [3.05, 3.63) is 0 Å². The van der Waals surface area contributed by atoms with Gasteiger partial charge >= 0.3 is 39.5 Å². The largest absolute Gasteiger partial charge is 0.472 e. The lowest BCUT2D eigenvalue weighted by Crippen LogP contribution is -2.30. The molecule has 19 heteroatoms. The lowest BCUT2D eigenvalue weighted by molar-refractivity contribution is -0.161. The average molecular weight is 1630 g/mol. The number of unbranched alkanes of at least 4 members (excludes halogenated alkanes) is 62. The molecule has 0 aliphatic rings. The molecule has 666 valence electrons. The number of hydrogen-bond acceptors (Lipinski definition) is 15. The minimum Gasteiger partial charge on any atom is -0.462 e. The quantitative estimate of drug-likeness (QED) is 0.0222. The van der Waals surface area contributed by atoms with E-state index in [9.17, 15) is 43.2 Å². The van der Waals surface area contributed by atoms with Crippen molar-refractivity contribution >= 4 is 39.5 Å². The van der Waals surface area contributed by atoms with Crippen LogP contribution in [0.1, 0.15) is 504 Å². The zero-order chi connectivity index (χ0) is 82.0. The van der Waals surface area contributed by atoms with E-state index in [1.54, 1.807) is 0 Å². The zero-order valence-corrected chi connectivity index (χ0v) is 75.8. The van der Waals surface area contributed by atoms with E-state index in [1.165, 1.54) is 321 Å². The molecule has 0 aromatic rings. The maximum Gasteiger partial charge on any atom is 0.472 e. The lowest BCUT2D eigenvalue weighted by Gasteiger charge is -2.21. The van der Waals surface area contributed by atoms with E-state index in [4.69, 9.17) is 37.0 Å². The molecule has 3 N–H and O–H groups in total. The molecule has 0 bridgehead atoms. The maximum atomic E-state index is 13.2. The van der Waals surface area contributed by atoms with Gasteiger partial charge in [0.1, 0.15) is 19.3 Å². The molecule has 0 rings (SSSR count). The van der Waals surface area contributed by atoms with E-state index in [0.29, 0.717) is 25.7 Å². The van der Waals surface area contributed by atoms with E-state index in [-0.39, 0.29) is 25.7 Å². The molecule has 0 spiro atoms. The normalized spacial score (nSPS) is 13.7. The number of aliphatic hydroxyl groups excluding tert-OH is 1. The van der Waals surface area contributed by atoms with Gasteiger partial charge in [-0.1, -0.05) is 452 Å². The van der Waals surface area contributed by atoms with E-state index in [0.717, 1.165) is 102 Å². The summed E-state index contributed by atoms with van der Waals surface area (Å²) in [6.45, 7) is 9.73. The van der Waals surface area contributed by atoms with Gasteiger partial charge in [-0.3, -0.25) is 37.3 Å². The highest BCUT2D eigenvalue weighted by Crippen LogP contribution is 2.45. The summed E-state index contributed by atoms with van der Waals surface area (Å²) in [4.78, 5) is 73.5. The molecule has 0 saturated heterocycles. The molecule has 5 atom stereocenters. The van der Waals surface area contributed by atoms with Gasteiger partial charge in [0.05, 0.1) is 26.4 Å². The molecule has 112 heavy (non-hydrogen) atoms. The van der Waals surface area contributed by atoms with Crippen LogP contribution in [0.3, 0.4) is 0 Å². The number of phosphoric ester groups is 2. The Labute approximate surface area is 689 Å². The molecule has 0 aliphatic heterocycles. The number of phosphoric acid groups is 2. The Morgan fingerprint density at radius 3 is 0.607 bits per heavy atom. The molecule has 0 radical (unpaired) electrons. The van der Waals surface area contributed by atoms with Crippen molar-refractivity contribution in [1.29, 1.82) is 0 Å². The van der Waals surface area contributed by atoms with Crippen LogP contribution in [0.25, 0.3) is 0 Å². The fourth-order valence-corrected chi connectivity index (χ4v) is 16.2. The van der Waals surface area contributed by atoms with Crippen molar-refractivity contribution in [3.63, 3.8) is 0 Å². The highest BCUT2D eigenvalue weighted by molar-refractivity contribution is 7.47. The van der Waals surface area contributed by atoms with Gasteiger partial charge in [0.2, 0.25) is 0 Å². The summed E-state index contributed by atoms with van der Waals surface area (Å²) in [6.07, 6.45) is 79.4. The van der Waals surface area contributed by atoms with E-state index in [1.807, 2.05) is 0 Å². The minimum atomic E-state index is -4.97. The van der Waals surface area contributed by atoms with Gasteiger partial charge in [-0.2, -0.15) is 0 Å². The van der Waals surface area contributed by atoms with Gasteiger partial charge in [0, 0.05) is 25.7 Å². The third-order valence-electron chi connectivity index (χ3n) is 22.0. The fourth-order valence-electron chi connectivity index (χ4n) is 14.7. The summed E-state index contributed by atoms with van der Waals surface area (Å²) < 4.78 is 69.1. The van der Waals surface area contributed by atoms with Crippen LogP contribution in [0.4, 0.5) is 0 Å². The SMILES string of the molecule is CCCCCCCCCCCCCCCCCCCCCCCCC(=O)O[C@H](COC(=O)CCCCCCCCCCCCCCCCCCCCC(C)C)COP(=O)(O)OC[C@@H](O)COP(=O)(O)OC[C@@H](COC(=O)CCCCCCCCCCCC(C)C)OC(=O)CCCCCCCCCCCCCCCCCCC. The summed E-state index contributed by atoms with van der Waals surface area (Å²) in [5.41, 5.74) is 0. The summed E-state index contributed by atoms with van der Waals surface area (Å²) in [5, 5.41) is 10.7. The molecule has 0 fully saturated rings. The predicted octanol–water partition coefficient (Wildman–Crippen LogP) is 29.0. The van der Waals surface area contributed by atoms with Crippen molar-refractivity contribution < 1.29 is 80.2 Å². The molecule has 0 amide bonds. The first-order chi connectivity index (χ1) is 54.4. The Morgan fingerprint density at radius 2 is 0.411 bits per heavy atom. The number of aliphatic hydroxyl groups is 1. The van der Waals surface area contributed by atoms with Crippen LogP contribution in [-0.4, -0.2) is 96.7 Å². The van der Waals surface area contributed by atoms with Crippen LogP contribution in [0.5, 0.6) is 0 Å². The minimum absolute atomic E-state index is 0.109. The van der Waals surface area contributed by atoms with E-state index in [2.05, 4.69) is 41.5 Å². The van der Waals surface area contributed by atoms with E-state index < -0.39 is 97.5 Å². The Hall–Kier alpha value is -1.94. The molecule has 0 saturated carbocycles. The van der Waals surface area contributed by atoms with Crippen molar-refractivity contribution in [3.8, 4) is 0 Å². The zero-order valence-electron chi connectivity index (χ0n) is 74.0. The highest BCUT2D eigenvalue weighted by Gasteiger charge is 2.31. The standard InChI is InChI=1S/C93H182O17P2/c1-7-9-11-13-15-17-19-21-23-25-26-27-28-29-35-39-43-47-53-60-66-72-78-92(97)109-88(81-103-90(95)75-69-63-57-51-45-41-37-34-31-30-33-36-40-44-49-55-61-67-73-85(3)4)83-107-111(99,100)105-79-87(94)80-106-112(101,102)108-84-89(82-104-91(96)76-70-64-58-54-48-50-56-62-68-74-86(5)6)110-93(98)77-71-65-59-52-46-42-38-32-24-22-20-18-16-14-12-10-8-2/h85-89,94H,7-84H2,1-6H3,(H,99,100)(H,101,102)/t87-,88-,89-/m1/s1. The van der Waals surface area contributed by atoms with Crippen molar-refractivity contribution in [2.24, 2.45) is 11.8 Å². The Morgan fingerprint density at radius 1 is 0.241 bits per heavy atom. The van der Waals surface area contributed by atoms with Crippen molar-refractivity contribution in [1.82, 2.24) is 0 Å². The van der Waals surface area contributed by atoms with Crippen LogP contribution in [0, 0.1) is 11.8 Å². The van der Waals surface area contributed by atoms with Gasteiger partial charge in [-0.25, -0.2) is 9.13 Å². The van der Waals surface area contributed by atoms with Crippen molar-refractivity contribution in [2.45, 2.75) is 522 Å². The molecular formula is C93H182O17P2. The predicted molar refractivity (Wildman–Crippen MR) is 465 cm³/mol. The molecule has 0 aromatic carbocycles. The summed E-state index contributed by atoms with van der Waals surface area (Å²) >= 11 is 0. The molecule has 0 aliphatic carbocycles. The second kappa shape index (κ2) is 84.1. The number of ether oxygens (including phenoxy) is 4. The number of hydrogen-bond donors (Lipinski definition) is 3. The second-order valence-electron chi connectivity index (χ2n) is 34.4. The second-order valence-corrected chi connectivity index (χ2v) is 37.3. The van der Waals surface area contributed by atoms with Crippen LogP contribution in [0.15, 0.2) is 0 Å². The van der Waals surface area contributed by atoms with Gasteiger partial charge in [-0.05, 0) is 37.5 Å². The maximum absolute atomic E-state index is 13.2. The van der Waals surface area contributed by atoms with E-state index >= 15 is 0 Å². The van der Waals surface area contributed by atoms with Gasteiger partial charge < -0.3 is 33.8 Å². The number of carbonyl (C=O) groups excluding carboxylic acids is 4. The number of esters is 4. The molecule has 0 aromatic heterocycles. The van der Waals surface area contributed by atoms with Gasteiger partial charge in [-0.15, -0.1) is 0 Å². The van der Waals surface area contributed by atoms with Crippen molar-refractivity contribution in [2.75, 3.05) is 39.6 Å². The van der Waals surface area contributed by atoms with Gasteiger partial charge in [0.15, 0.2) is 12.2 Å². The van der Waals surface area contributed by atoms with Crippen LogP contribution in [-0.2, 0) is 65.4 Å². The third-order valence-corrected chi connectivity index (χ3v) is 23.9. The Balaban J connectivity index is 5.24. The number of rotatable bonds is 92. The molecule has 0 heterocycles. The van der Waals surface area contributed by atoms with Crippen LogP contribution < -0.4 is 0 Å². The first-order valence-electron chi connectivity index (χ1n) is 48.0. The fraction of sp³-hybridized carbons (Fsp3) is 0.957. The van der Waals surface area contributed by atoms with Crippen LogP contribution >= 0.6 is 15.6 Å². The Kier molecular flexibility index (Phi) is 82.6. The first kappa shape index (κ1) is 110. The highest BCUT2D eigenvalue weighted by atomic mass is 31.2. The average Bonchev–Trinajstić information content (AvgIpc) is 0.898. The topological polar surface area (TPSA) is 237 Å². The molecular weight excluding hydrogens is 1450 g/mol. The number of carbonyl (C=O) groups is 4. The first-order valence-corrected chi connectivity index (χ1v) is 51.0. The smallest absolute Gasteiger partial charge is 0.462 e. The Bertz CT molecular complexity index is 2130. The molecule has 2 unspecified atom stereocenters. The van der Waals surface area contributed by atoms with Gasteiger partial charge in [0.25, 0.3) is 0 Å². The summed E-state index contributed by atoms with van der Waals surface area (Å²) in [6, 6.07) is 0. The monoisotopic (exact) mass is 1630 g/mol. The summed E-state index contributed by atoms with van der Waals surface area (Å²) in [7, 11) is -9.94. The lowest BCUT2D eigenvalue weighted by atomic mass is 10.0. The third kappa shape index (κ3) is 85.9. The molecule has 17 nitrogen and oxygen atoms in total.